The van der Waals surface area contributed by atoms with Gasteiger partial charge >= 0.3 is 0 Å². The van der Waals surface area contributed by atoms with E-state index in [1.54, 1.807) is 30.6 Å². The van der Waals surface area contributed by atoms with Crippen molar-refractivity contribution < 1.29 is 26.9 Å². The predicted molar refractivity (Wildman–Crippen MR) is 163 cm³/mol. The molecule has 2 aromatic heterocycles. The molecule has 3 fully saturated rings. The summed E-state index contributed by atoms with van der Waals surface area (Å²) in [6, 6.07) is 9.68. The van der Waals surface area contributed by atoms with E-state index in [1.165, 1.54) is 6.33 Å². The molecule has 3 saturated heterocycles. The Labute approximate surface area is 249 Å². The summed E-state index contributed by atoms with van der Waals surface area (Å²) in [6.07, 6.45) is 5.46. The van der Waals surface area contributed by atoms with Crippen LogP contribution in [0.25, 0.3) is 11.2 Å². The molecule has 14 heteroatoms. The summed E-state index contributed by atoms with van der Waals surface area (Å²) in [7, 11) is -6.12. The van der Waals surface area contributed by atoms with Gasteiger partial charge in [-0.15, -0.1) is 0 Å². The lowest BCUT2D eigenvalue weighted by molar-refractivity contribution is -0.0152. The minimum Gasteiger partial charge on any atom is -0.476 e. The van der Waals surface area contributed by atoms with Gasteiger partial charge in [-0.25, -0.2) is 23.1 Å². The number of imidazole rings is 1. The van der Waals surface area contributed by atoms with E-state index < -0.39 is 32.5 Å². The van der Waals surface area contributed by atoms with Gasteiger partial charge in [0.15, 0.2) is 21.0 Å². The first kappa shape index (κ1) is 30.1. The van der Waals surface area contributed by atoms with Gasteiger partial charge in [-0.3, -0.25) is 4.57 Å². The lowest BCUT2D eigenvalue weighted by atomic mass is 10.1. The zero-order chi connectivity index (χ0) is 29.5. The Morgan fingerprint density at radius 3 is 2.69 bits per heavy atom. The third kappa shape index (κ3) is 6.28. The van der Waals surface area contributed by atoms with Gasteiger partial charge in [0.2, 0.25) is 5.88 Å². The summed E-state index contributed by atoms with van der Waals surface area (Å²) in [5.74, 6) is 0.444. The highest BCUT2D eigenvalue weighted by Crippen LogP contribution is 2.58. The van der Waals surface area contributed by atoms with E-state index >= 15 is 0 Å². The summed E-state index contributed by atoms with van der Waals surface area (Å²) in [5.41, 5.74) is 1.29. The first-order valence-electron chi connectivity index (χ1n) is 14.8. The Balaban J connectivity index is 1.14. The monoisotopic (exact) mass is 633 g/mol. The summed E-state index contributed by atoms with van der Waals surface area (Å²) in [4.78, 5) is 13.8. The highest BCUT2D eigenvalue weighted by atomic mass is 32.2. The molecule has 1 unspecified atom stereocenters. The van der Waals surface area contributed by atoms with E-state index in [2.05, 4.69) is 46.2 Å². The van der Waals surface area contributed by atoms with Crippen molar-refractivity contribution in [2.24, 2.45) is 0 Å². The number of ether oxygens (including phenoxy) is 2. The van der Waals surface area contributed by atoms with E-state index in [4.69, 9.17) is 18.5 Å². The van der Waals surface area contributed by atoms with Crippen molar-refractivity contribution in [2.45, 2.75) is 93.8 Å². The number of nitrogens with zero attached hydrogens (tertiary/aromatic N) is 5. The normalized spacial score (nSPS) is 28.5. The topological polar surface area (TPSA) is 118 Å². The number of rotatable bonds is 11. The summed E-state index contributed by atoms with van der Waals surface area (Å²) in [6.45, 7) is 10.5. The smallest absolute Gasteiger partial charge is 0.259 e. The van der Waals surface area contributed by atoms with Gasteiger partial charge < -0.3 is 18.5 Å². The Morgan fingerprint density at radius 1 is 1.12 bits per heavy atom. The number of aromatic nitrogens is 4. The third-order valence-electron chi connectivity index (χ3n) is 8.16. The summed E-state index contributed by atoms with van der Waals surface area (Å²) in [5, 5.41) is 0. The minimum atomic E-state index is -3.48. The van der Waals surface area contributed by atoms with Gasteiger partial charge in [-0.2, -0.15) is 4.98 Å². The summed E-state index contributed by atoms with van der Waals surface area (Å²) >= 11 is 0. The molecule has 1 aromatic carbocycles. The van der Waals surface area contributed by atoms with Crippen LogP contribution >= 0.6 is 8.53 Å². The molecule has 6 atom stereocenters. The van der Waals surface area contributed by atoms with Gasteiger partial charge in [-0.1, -0.05) is 44.8 Å². The highest BCUT2D eigenvalue weighted by Gasteiger charge is 2.50. The van der Waals surface area contributed by atoms with Crippen LogP contribution in [0.3, 0.4) is 0 Å². The van der Waals surface area contributed by atoms with Crippen LogP contribution < -0.4 is 4.74 Å². The van der Waals surface area contributed by atoms with Gasteiger partial charge in [0.1, 0.15) is 12.6 Å². The Hall–Kier alpha value is -1.99. The zero-order valence-electron chi connectivity index (χ0n) is 24.6. The molecule has 0 bridgehead atoms. The minimum absolute atomic E-state index is 0.0430. The molecular formula is C28H40N5O6PSSi. The average molecular weight is 634 g/mol. The van der Waals surface area contributed by atoms with Crippen LogP contribution in [-0.4, -0.2) is 83.9 Å². The molecule has 11 nitrogen and oxygen atoms in total. The zero-order valence-corrected chi connectivity index (χ0v) is 27.3. The van der Waals surface area contributed by atoms with E-state index in [1.807, 2.05) is 10.6 Å². The second-order valence-corrected chi connectivity index (χ2v) is 21.5. The maximum atomic E-state index is 13.2. The van der Waals surface area contributed by atoms with Crippen LogP contribution in [-0.2, 0) is 23.6 Å². The fourth-order valence-corrected chi connectivity index (χ4v) is 10.1. The number of sulfone groups is 1. The van der Waals surface area contributed by atoms with Crippen molar-refractivity contribution in [1.82, 2.24) is 24.2 Å². The molecular weight excluding hydrogens is 593 g/mol. The molecule has 3 aliphatic heterocycles. The van der Waals surface area contributed by atoms with Crippen LogP contribution in [0.4, 0.5) is 0 Å². The van der Waals surface area contributed by atoms with E-state index in [9.17, 15) is 8.42 Å². The molecule has 0 aliphatic carbocycles. The molecule has 0 N–H and O–H groups in total. The van der Waals surface area contributed by atoms with Gasteiger partial charge in [0.05, 0.1) is 41.9 Å². The van der Waals surface area contributed by atoms with Crippen molar-refractivity contribution in [3.05, 3.63) is 43.0 Å². The standard InChI is InChI=1S/C28H40N5O6PSSi/c1-5-22-23(16-25(37-22)32-19-31-26-27(32)29-18-30-28(26)36-14-15-42(2,3)4)38-40-33-13-9-12-21(33)24(39-40)17-41(34,35)20-10-7-6-8-11-20/h6-8,10-11,18-19,21-25H,5,9,12-17H2,1-4H3/t21-,22+,23?,24+,25+,40-/m0/s1. The molecule has 6 rings (SSSR count). The van der Waals surface area contributed by atoms with Crippen molar-refractivity contribution >= 4 is 37.6 Å². The lowest BCUT2D eigenvalue weighted by Crippen LogP contribution is -2.33. The van der Waals surface area contributed by atoms with Gasteiger partial charge in [-0.05, 0) is 37.4 Å². The molecule has 42 heavy (non-hydrogen) atoms. The Bertz CT molecular complexity index is 1490. The quantitative estimate of drug-likeness (QED) is 0.206. The maximum absolute atomic E-state index is 13.2. The van der Waals surface area contributed by atoms with Crippen LogP contribution in [0.2, 0.25) is 25.7 Å². The van der Waals surface area contributed by atoms with Crippen molar-refractivity contribution in [2.75, 3.05) is 18.9 Å². The predicted octanol–water partition coefficient (Wildman–Crippen LogP) is 5.19. The SMILES string of the molecule is CC[C@H]1O[C@@H](n2cnc3c(OCC[Si](C)(C)C)ncnc32)CC1O[P@@]1O[C@H](CS(=O)(=O)c2ccccc2)[C@@H]2CCCN21. The van der Waals surface area contributed by atoms with Crippen molar-refractivity contribution in [3.8, 4) is 5.88 Å². The first-order chi connectivity index (χ1) is 20.1. The van der Waals surface area contributed by atoms with Crippen molar-refractivity contribution in [1.29, 1.82) is 0 Å². The molecule has 0 spiro atoms. The van der Waals surface area contributed by atoms with Crippen LogP contribution in [0, 0.1) is 0 Å². The van der Waals surface area contributed by atoms with E-state index in [0.717, 1.165) is 31.9 Å². The average Bonchev–Trinajstić information content (AvgIpc) is 3.74. The molecule has 228 valence electrons. The number of fused-ring (bicyclic) bond motifs is 2. The summed E-state index contributed by atoms with van der Waals surface area (Å²) < 4.78 is 56.0. The largest absolute Gasteiger partial charge is 0.476 e. The number of hydrogen-bond donors (Lipinski definition) is 0. The lowest BCUT2D eigenvalue weighted by Gasteiger charge is -2.25. The first-order valence-corrected chi connectivity index (χ1v) is 21.3. The van der Waals surface area contributed by atoms with Gasteiger partial charge in [0.25, 0.3) is 8.53 Å². The van der Waals surface area contributed by atoms with Crippen LogP contribution in [0.5, 0.6) is 5.88 Å². The molecule has 0 radical (unpaired) electrons. The number of hydrogen-bond acceptors (Lipinski definition) is 10. The fraction of sp³-hybridized carbons (Fsp3) is 0.607. The van der Waals surface area contributed by atoms with Crippen LogP contribution in [0.1, 0.15) is 38.8 Å². The Morgan fingerprint density at radius 2 is 1.93 bits per heavy atom. The number of benzene rings is 1. The third-order valence-corrected chi connectivity index (χ3v) is 13.4. The van der Waals surface area contributed by atoms with E-state index in [-0.39, 0.29) is 30.2 Å². The van der Waals surface area contributed by atoms with E-state index in [0.29, 0.717) is 35.0 Å². The molecule has 0 saturated carbocycles. The Kier molecular flexibility index (Phi) is 8.72. The maximum Gasteiger partial charge on any atom is 0.259 e. The van der Waals surface area contributed by atoms with Gasteiger partial charge in [0, 0.05) is 27.1 Å². The second kappa shape index (κ2) is 12.2. The highest BCUT2D eigenvalue weighted by molar-refractivity contribution is 7.91. The molecule has 0 amide bonds. The van der Waals surface area contributed by atoms with Crippen molar-refractivity contribution in [3.63, 3.8) is 0 Å². The van der Waals surface area contributed by atoms with Crippen LogP contribution in [0.15, 0.2) is 47.9 Å². The second-order valence-electron chi connectivity index (χ2n) is 12.4. The molecule has 3 aliphatic rings. The molecule has 3 aromatic rings. The fourth-order valence-electron chi connectivity index (χ4n) is 5.83. The molecule has 5 heterocycles.